The maximum absolute atomic E-state index is 12.3. The second kappa shape index (κ2) is 13.6. The fourth-order valence-corrected chi connectivity index (χ4v) is 6.28. The zero-order chi connectivity index (χ0) is 25.2. The van der Waals surface area contributed by atoms with E-state index in [4.69, 9.17) is 24.8 Å². The molecule has 0 bridgehead atoms. The van der Waals surface area contributed by atoms with Crippen LogP contribution >= 0.6 is 45.8 Å². The summed E-state index contributed by atoms with van der Waals surface area (Å²) in [5.41, 5.74) is 1.08. The summed E-state index contributed by atoms with van der Waals surface area (Å²) in [7, 11) is 0. The number of nitrogens with zero attached hydrogens (tertiary/aromatic N) is 5. The van der Waals surface area contributed by atoms with Crippen LogP contribution in [-0.2, 0) is 20.9 Å². The first kappa shape index (κ1) is 27.2. The lowest BCUT2D eigenvalue weighted by Gasteiger charge is -2.33. The molecule has 3 aromatic heterocycles. The first-order chi connectivity index (χ1) is 16.8. The molecule has 0 saturated carbocycles. The van der Waals surface area contributed by atoms with E-state index in [-0.39, 0.29) is 5.91 Å². The summed E-state index contributed by atoms with van der Waals surface area (Å²) in [4.78, 5) is 41.1. The Labute approximate surface area is 217 Å². The first-order valence-corrected chi connectivity index (χ1v) is 14.1. The smallest absolute Gasteiger partial charge is 0.414 e. The van der Waals surface area contributed by atoms with Crippen molar-refractivity contribution >= 4 is 68.7 Å². The van der Waals surface area contributed by atoms with Crippen LogP contribution < -0.4 is 5.32 Å². The van der Waals surface area contributed by atoms with Gasteiger partial charge in [-0.2, -0.15) is 0 Å². The van der Waals surface area contributed by atoms with E-state index in [0.717, 1.165) is 53.5 Å². The van der Waals surface area contributed by atoms with Crippen LogP contribution in [0.25, 0.3) is 10.6 Å². The average molecular weight is 557 g/mol. The van der Waals surface area contributed by atoms with E-state index in [1.54, 1.807) is 34.4 Å². The minimum absolute atomic E-state index is 0.0249. The summed E-state index contributed by atoms with van der Waals surface area (Å²) in [6.07, 6.45) is 0. The van der Waals surface area contributed by atoms with E-state index in [1.807, 2.05) is 0 Å². The van der Waals surface area contributed by atoms with Crippen molar-refractivity contribution in [3.05, 3.63) is 27.9 Å². The second-order valence-electron chi connectivity index (χ2n) is 7.12. The van der Waals surface area contributed by atoms with Gasteiger partial charge in [-0.1, -0.05) is 36.1 Å². The van der Waals surface area contributed by atoms with Crippen LogP contribution in [0, 0.1) is 0 Å². The largest absolute Gasteiger partial charge is 0.473 e. The second-order valence-corrected chi connectivity index (χ2v) is 11.5. The minimum Gasteiger partial charge on any atom is -0.473 e. The SMILES string of the molecule is CCSc1nnc(NC(=O)CN2CCN(Cc3nc(-c4cccs4)cs3)CC2)s1.O=C(O)C(=O)O. The number of piperazine rings is 1. The van der Waals surface area contributed by atoms with Crippen molar-refractivity contribution in [2.24, 2.45) is 0 Å². The average Bonchev–Trinajstić information content (AvgIpc) is 3.58. The monoisotopic (exact) mass is 556 g/mol. The number of anilines is 1. The Balaban J connectivity index is 0.000000509. The van der Waals surface area contributed by atoms with Gasteiger partial charge < -0.3 is 10.2 Å². The molecule has 0 aliphatic carbocycles. The molecule has 1 saturated heterocycles. The quantitative estimate of drug-likeness (QED) is 0.214. The van der Waals surface area contributed by atoms with Crippen molar-refractivity contribution in [3.8, 4) is 10.6 Å². The maximum Gasteiger partial charge on any atom is 0.414 e. The number of thiazole rings is 1. The number of carboxylic acids is 2. The van der Waals surface area contributed by atoms with E-state index < -0.39 is 11.9 Å². The van der Waals surface area contributed by atoms with E-state index >= 15 is 0 Å². The Morgan fingerprint density at radius 1 is 1.09 bits per heavy atom. The topological polar surface area (TPSA) is 149 Å². The Kier molecular flexibility index (Phi) is 10.6. The molecule has 0 spiro atoms. The molecule has 0 unspecified atom stereocenters. The number of nitrogens with one attached hydrogen (secondary N) is 1. The lowest BCUT2D eigenvalue weighted by molar-refractivity contribution is -0.159. The summed E-state index contributed by atoms with van der Waals surface area (Å²) in [5.74, 6) is -2.73. The summed E-state index contributed by atoms with van der Waals surface area (Å²) in [6, 6.07) is 4.17. The van der Waals surface area contributed by atoms with Crippen LogP contribution in [0.4, 0.5) is 5.13 Å². The number of rotatable bonds is 8. The highest BCUT2D eigenvalue weighted by atomic mass is 32.2. The molecule has 188 valence electrons. The molecule has 1 aliphatic heterocycles. The Bertz CT molecular complexity index is 1100. The number of thioether (sulfide) groups is 1. The summed E-state index contributed by atoms with van der Waals surface area (Å²) in [5, 5.41) is 31.7. The van der Waals surface area contributed by atoms with Gasteiger partial charge in [-0.15, -0.1) is 32.9 Å². The van der Waals surface area contributed by atoms with Crippen molar-refractivity contribution in [1.29, 1.82) is 0 Å². The van der Waals surface area contributed by atoms with Gasteiger partial charge in [-0.05, 0) is 17.2 Å². The van der Waals surface area contributed by atoms with E-state index in [1.165, 1.54) is 16.2 Å². The third kappa shape index (κ3) is 8.94. The Morgan fingerprint density at radius 2 is 1.80 bits per heavy atom. The number of carboxylic acid groups (broad SMARTS) is 2. The fraction of sp³-hybridized carbons (Fsp3) is 0.400. The predicted molar refractivity (Wildman–Crippen MR) is 137 cm³/mol. The van der Waals surface area contributed by atoms with Crippen molar-refractivity contribution < 1.29 is 24.6 Å². The molecular weight excluding hydrogens is 533 g/mol. The van der Waals surface area contributed by atoms with Gasteiger partial charge in [0.2, 0.25) is 11.0 Å². The molecule has 11 nitrogen and oxygen atoms in total. The Hall–Kier alpha value is -2.43. The van der Waals surface area contributed by atoms with Crippen LogP contribution in [0.2, 0.25) is 0 Å². The molecule has 4 rings (SSSR count). The number of hydrogen-bond donors (Lipinski definition) is 3. The van der Waals surface area contributed by atoms with Crippen LogP contribution in [0.5, 0.6) is 0 Å². The van der Waals surface area contributed by atoms with Gasteiger partial charge in [0, 0.05) is 31.6 Å². The summed E-state index contributed by atoms with van der Waals surface area (Å²) < 4.78 is 0.890. The van der Waals surface area contributed by atoms with Crippen molar-refractivity contribution in [1.82, 2.24) is 25.0 Å². The molecule has 4 heterocycles. The number of hydrogen-bond acceptors (Lipinski definition) is 12. The Morgan fingerprint density at radius 3 is 2.43 bits per heavy atom. The third-order valence-corrected chi connectivity index (χ3v) is 8.20. The number of carbonyl (C=O) groups excluding carboxylic acids is 1. The number of aliphatic carboxylic acids is 2. The molecule has 35 heavy (non-hydrogen) atoms. The fourth-order valence-electron chi connectivity index (χ4n) is 3.02. The third-order valence-electron chi connectivity index (χ3n) is 4.62. The zero-order valence-electron chi connectivity index (χ0n) is 18.7. The van der Waals surface area contributed by atoms with Gasteiger partial charge >= 0.3 is 11.9 Å². The lowest BCUT2D eigenvalue weighted by Crippen LogP contribution is -2.48. The number of aromatic nitrogens is 3. The molecular formula is C20H24N6O5S4. The van der Waals surface area contributed by atoms with Crippen LogP contribution in [0.3, 0.4) is 0 Å². The van der Waals surface area contributed by atoms with Crippen molar-refractivity contribution in [3.63, 3.8) is 0 Å². The van der Waals surface area contributed by atoms with Crippen molar-refractivity contribution in [2.45, 2.75) is 17.8 Å². The van der Waals surface area contributed by atoms with Gasteiger partial charge in [0.1, 0.15) is 5.01 Å². The molecule has 0 aromatic carbocycles. The van der Waals surface area contributed by atoms with Gasteiger partial charge in [-0.25, -0.2) is 14.6 Å². The molecule has 3 N–H and O–H groups in total. The van der Waals surface area contributed by atoms with Crippen molar-refractivity contribution in [2.75, 3.05) is 43.8 Å². The molecule has 3 aromatic rings. The maximum atomic E-state index is 12.3. The molecule has 1 amide bonds. The normalized spacial score (nSPS) is 14.2. The first-order valence-electron chi connectivity index (χ1n) is 10.5. The standard InChI is InChI=1S/C18H22N6OS4.C2H2O4/c1-2-26-18-22-21-17(29-18)20-15(25)10-23-5-7-24(8-6-23)11-16-19-13(12-28-16)14-4-3-9-27-14;3-1(4)2(5)6/h3-4,9,12H,2,5-8,10-11H2,1H3,(H,20,21,25);(H,3,4)(H,5,6). The van der Waals surface area contributed by atoms with Gasteiger partial charge in [0.15, 0.2) is 4.34 Å². The molecule has 1 aliphatic rings. The molecule has 0 radical (unpaired) electrons. The molecule has 15 heteroatoms. The van der Waals surface area contributed by atoms with Gasteiger partial charge in [0.25, 0.3) is 0 Å². The zero-order valence-corrected chi connectivity index (χ0v) is 22.0. The summed E-state index contributed by atoms with van der Waals surface area (Å²) in [6.45, 7) is 6.98. The number of amides is 1. The highest BCUT2D eigenvalue weighted by molar-refractivity contribution is 8.01. The van der Waals surface area contributed by atoms with Crippen LogP contribution in [0.15, 0.2) is 27.2 Å². The highest BCUT2D eigenvalue weighted by Crippen LogP contribution is 2.27. The van der Waals surface area contributed by atoms with Gasteiger partial charge in [0.05, 0.1) is 23.7 Å². The highest BCUT2D eigenvalue weighted by Gasteiger charge is 2.20. The van der Waals surface area contributed by atoms with Crippen LogP contribution in [0.1, 0.15) is 11.9 Å². The predicted octanol–water partition coefficient (Wildman–Crippen LogP) is 2.75. The molecule has 0 atom stereocenters. The summed E-state index contributed by atoms with van der Waals surface area (Å²) >= 11 is 6.51. The van der Waals surface area contributed by atoms with E-state index in [0.29, 0.717) is 11.7 Å². The van der Waals surface area contributed by atoms with E-state index in [2.05, 4.69) is 55.1 Å². The van der Waals surface area contributed by atoms with Crippen LogP contribution in [-0.4, -0.2) is 91.5 Å². The van der Waals surface area contributed by atoms with E-state index in [9.17, 15) is 4.79 Å². The minimum atomic E-state index is -1.82. The molecule has 1 fully saturated rings. The number of thiophene rings is 1. The lowest BCUT2D eigenvalue weighted by atomic mass is 10.3. The van der Waals surface area contributed by atoms with Gasteiger partial charge in [-0.3, -0.25) is 19.9 Å². The number of carbonyl (C=O) groups is 3.